The Morgan fingerprint density at radius 1 is 0.938 bits per heavy atom. The minimum atomic E-state index is -1.73. The Kier molecular flexibility index (Phi) is 8.47. The summed E-state index contributed by atoms with van der Waals surface area (Å²) in [6, 6.07) is 0. The normalized spacial score (nSPS) is 45.6. The Hall–Kier alpha value is -0.930. The number of amides is 1. The number of hydrogen-bond donors (Lipinski definition) is 7. The van der Waals surface area contributed by atoms with Crippen LogP contribution in [0.2, 0.25) is 0 Å². The summed E-state index contributed by atoms with van der Waals surface area (Å²) in [4.78, 5) is 13.9. The number of carbonyl (C=O) groups is 1. The summed E-state index contributed by atoms with van der Waals surface area (Å²) in [6.45, 7) is 3.14. The van der Waals surface area contributed by atoms with Crippen molar-refractivity contribution in [2.75, 3.05) is 19.8 Å². The average molecular weight is 465 g/mol. The second-order valence-corrected chi connectivity index (χ2v) is 9.27. The molecule has 32 heavy (non-hydrogen) atoms. The second kappa shape index (κ2) is 10.6. The molecule has 3 aliphatic heterocycles. The molecule has 12 nitrogen and oxygen atoms in total. The van der Waals surface area contributed by atoms with Crippen LogP contribution >= 0.6 is 0 Å². The Morgan fingerprint density at radius 3 is 2.19 bits per heavy atom. The standard InChI is InChI=1S/C20H35NO11/c1-8(2)3-9-4-12(24)21(5-9)19-16(28)15(27)18(11(7-23)30-19)32-20-17(29)14(26)13(25)10(6-22)31-20/h8-11,13-20,22-23,25-29H,3-7H2,1-2H3/t9-,10?,11?,13?,14?,15?,16?,17?,18?,19?,20?/m0/s1. The molecule has 12 heteroatoms. The third-order valence-electron chi connectivity index (χ3n) is 6.33. The summed E-state index contributed by atoms with van der Waals surface area (Å²) in [5, 5.41) is 70.5. The molecule has 3 heterocycles. The Morgan fingerprint density at radius 2 is 1.59 bits per heavy atom. The van der Waals surface area contributed by atoms with Crippen molar-refractivity contribution in [2.45, 2.75) is 88.0 Å². The van der Waals surface area contributed by atoms with Crippen molar-refractivity contribution < 1.29 is 54.8 Å². The molecular formula is C20H35NO11. The van der Waals surface area contributed by atoms with Crippen molar-refractivity contribution in [1.29, 1.82) is 0 Å². The highest BCUT2D eigenvalue weighted by molar-refractivity contribution is 5.79. The van der Waals surface area contributed by atoms with E-state index in [0.29, 0.717) is 18.9 Å². The molecule has 0 aromatic heterocycles. The summed E-state index contributed by atoms with van der Waals surface area (Å²) in [6.07, 6.45) is -13.7. The summed E-state index contributed by atoms with van der Waals surface area (Å²) < 4.78 is 16.6. The van der Waals surface area contributed by atoms with Gasteiger partial charge in [0.1, 0.15) is 48.8 Å². The molecule has 10 unspecified atom stereocenters. The molecule has 0 saturated carbocycles. The highest BCUT2D eigenvalue weighted by Crippen LogP contribution is 2.33. The second-order valence-electron chi connectivity index (χ2n) is 9.27. The minimum absolute atomic E-state index is 0.0890. The Balaban J connectivity index is 1.71. The summed E-state index contributed by atoms with van der Waals surface area (Å²) in [7, 11) is 0. The minimum Gasteiger partial charge on any atom is -0.394 e. The van der Waals surface area contributed by atoms with Gasteiger partial charge in [-0.15, -0.1) is 0 Å². The molecule has 186 valence electrons. The van der Waals surface area contributed by atoms with Gasteiger partial charge in [0.15, 0.2) is 12.5 Å². The van der Waals surface area contributed by atoms with Crippen LogP contribution in [0.4, 0.5) is 0 Å². The molecule has 0 bridgehead atoms. The van der Waals surface area contributed by atoms with Crippen LogP contribution in [0.5, 0.6) is 0 Å². The van der Waals surface area contributed by atoms with Gasteiger partial charge in [-0.2, -0.15) is 0 Å². The molecule has 7 N–H and O–H groups in total. The number of hydrogen-bond acceptors (Lipinski definition) is 11. The zero-order valence-electron chi connectivity index (χ0n) is 18.2. The maximum absolute atomic E-state index is 12.5. The van der Waals surface area contributed by atoms with Crippen molar-refractivity contribution in [3.05, 3.63) is 0 Å². The fourth-order valence-corrected chi connectivity index (χ4v) is 4.71. The number of nitrogens with zero attached hydrogens (tertiary/aromatic N) is 1. The maximum Gasteiger partial charge on any atom is 0.225 e. The third-order valence-corrected chi connectivity index (χ3v) is 6.33. The van der Waals surface area contributed by atoms with Gasteiger partial charge in [-0.1, -0.05) is 13.8 Å². The Bertz CT molecular complexity index is 633. The van der Waals surface area contributed by atoms with Crippen LogP contribution in [0.3, 0.4) is 0 Å². The quantitative estimate of drug-likeness (QED) is 0.198. The van der Waals surface area contributed by atoms with E-state index in [0.717, 1.165) is 6.42 Å². The molecule has 3 aliphatic rings. The van der Waals surface area contributed by atoms with Crippen molar-refractivity contribution in [2.24, 2.45) is 11.8 Å². The summed E-state index contributed by atoms with van der Waals surface area (Å²) >= 11 is 0. The molecule has 0 radical (unpaired) electrons. The van der Waals surface area contributed by atoms with Gasteiger partial charge in [0, 0.05) is 13.0 Å². The van der Waals surface area contributed by atoms with Gasteiger partial charge in [-0.05, 0) is 18.3 Å². The first-order valence-corrected chi connectivity index (χ1v) is 11.0. The van der Waals surface area contributed by atoms with Gasteiger partial charge in [0.05, 0.1) is 13.2 Å². The molecule has 1 amide bonds. The molecule has 0 aliphatic carbocycles. The van der Waals surface area contributed by atoms with Gasteiger partial charge in [-0.25, -0.2) is 0 Å². The summed E-state index contributed by atoms with van der Waals surface area (Å²) in [5.74, 6) is 0.250. The van der Waals surface area contributed by atoms with Crippen molar-refractivity contribution in [1.82, 2.24) is 4.90 Å². The lowest BCUT2D eigenvalue weighted by Crippen LogP contribution is -2.66. The number of rotatable bonds is 7. The number of ether oxygens (including phenoxy) is 3. The number of aliphatic hydroxyl groups excluding tert-OH is 7. The van der Waals surface area contributed by atoms with Gasteiger partial charge in [0.25, 0.3) is 0 Å². The van der Waals surface area contributed by atoms with Gasteiger partial charge < -0.3 is 54.9 Å². The molecule has 3 fully saturated rings. The molecule has 11 atom stereocenters. The van der Waals surface area contributed by atoms with Gasteiger partial charge in [0.2, 0.25) is 5.91 Å². The van der Waals surface area contributed by atoms with Crippen LogP contribution in [0, 0.1) is 11.8 Å². The van der Waals surface area contributed by atoms with Crippen LogP contribution < -0.4 is 0 Å². The zero-order chi connectivity index (χ0) is 23.7. The van der Waals surface area contributed by atoms with Gasteiger partial charge >= 0.3 is 0 Å². The topological polar surface area (TPSA) is 190 Å². The van der Waals surface area contributed by atoms with E-state index in [1.165, 1.54) is 4.90 Å². The van der Waals surface area contributed by atoms with Crippen LogP contribution in [0.25, 0.3) is 0 Å². The van der Waals surface area contributed by atoms with Crippen LogP contribution in [0.15, 0.2) is 0 Å². The van der Waals surface area contributed by atoms with Crippen LogP contribution in [0.1, 0.15) is 26.7 Å². The molecule has 0 spiro atoms. The first kappa shape index (κ1) is 25.7. The predicted molar refractivity (Wildman–Crippen MR) is 106 cm³/mol. The molecule has 3 rings (SSSR count). The van der Waals surface area contributed by atoms with E-state index < -0.39 is 74.6 Å². The lowest BCUT2D eigenvalue weighted by Gasteiger charge is -2.47. The van der Waals surface area contributed by atoms with Crippen molar-refractivity contribution in [3.8, 4) is 0 Å². The van der Waals surface area contributed by atoms with Crippen molar-refractivity contribution in [3.63, 3.8) is 0 Å². The smallest absolute Gasteiger partial charge is 0.225 e. The fraction of sp³-hybridized carbons (Fsp3) is 0.950. The SMILES string of the molecule is CC(C)C[C@H]1CC(=O)N(C2OC(CO)C(OC3OC(CO)C(O)C(O)C3O)C(O)C2O)C1. The lowest BCUT2D eigenvalue weighted by atomic mass is 9.95. The number of carbonyl (C=O) groups excluding carboxylic acids is 1. The van der Waals surface area contributed by atoms with E-state index >= 15 is 0 Å². The van der Waals surface area contributed by atoms with Crippen LogP contribution in [-0.4, -0.2) is 128 Å². The average Bonchev–Trinajstić information content (AvgIpc) is 3.10. The first-order valence-electron chi connectivity index (χ1n) is 11.0. The highest BCUT2D eigenvalue weighted by Gasteiger charge is 2.52. The molecule has 0 aromatic rings. The van der Waals surface area contributed by atoms with E-state index in [1.807, 2.05) is 13.8 Å². The first-order chi connectivity index (χ1) is 15.1. The molecular weight excluding hydrogens is 430 g/mol. The number of aliphatic hydroxyl groups is 7. The van der Waals surface area contributed by atoms with E-state index in [2.05, 4.69) is 0 Å². The number of likely N-dealkylation sites (tertiary alicyclic amines) is 1. The Labute approximate surface area is 185 Å². The van der Waals surface area contributed by atoms with Crippen LogP contribution in [-0.2, 0) is 19.0 Å². The fourth-order valence-electron chi connectivity index (χ4n) is 4.71. The predicted octanol–water partition coefficient (Wildman–Crippen LogP) is -3.49. The maximum atomic E-state index is 12.5. The van der Waals surface area contributed by atoms with Gasteiger partial charge in [-0.3, -0.25) is 4.79 Å². The summed E-state index contributed by atoms with van der Waals surface area (Å²) in [5.41, 5.74) is 0. The monoisotopic (exact) mass is 465 g/mol. The van der Waals surface area contributed by atoms with Crippen molar-refractivity contribution >= 4 is 5.91 Å². The van der Waals surface area contributed by atoms with E-state index in [1.54, 1.807) is 0 Å². The van der Waals surface area contributed by atoms with E-state index in [-0.39, 0.29) is 11.8 Å². The zero-order valence-corrected chi connectivity index (χ0v) is 18.2. The lowest BCUT2D eigenvalue weighted by molar-refractivity contribution is -0.347. The third kappa shape index (κ3) is 5.09. The highest BCUT2D eigenvalue weighted by atomic mass is 16.7. The van der Waals surface area contributed by atoms with E-state index in [4.69, 9.17) is 14.2 Å². The largest absolute Gasteiger partial charge is 0.394 e. The molecule has 0 aromatic carbocycles. The van der Waals surface area contributed by atoms with E-state index in [9.17, 15) is 40.5 Å². The molecule has 3 saturated heterocycles.